The number of para-hydroxylation sites is 1. The second kappa shape index (κ2) is 7.44. The Labute approximate surface area is 167 Å². The Hall–Kier alpha value is -3.18. The van der Waals surface area contributed by atoms with Crippen molar-refractivity contribution in [3.8, 4) is 17.0 Å². The minimum Gasteiger partial charge on any atom is -0.478 e. The van der Waals surface area contributed by atoms with Crippen LogP contribution in [0.5, 0.6) is 5.75 Å². The first-order chi connectivity index (χ1) is 13.5. The molecule has 0 bridgehead atoms. The minimum absolute atomic E-state index is 0.241. The number of nitrogens with zero attached hydrogens (tertiary/aromatic N) is 1. The smallest absolute Gasteiger partial charge is 0.269 e. The average Bonchev–Trinajstić information content (AvgIpc) is 3.16. The van der Waals surface area contributed by atoms with Gasteiger partial charge in [0.2, 0.25) is 0 Å². The van der Waals surface area contributed by atoms with Crippen molar-refractivity contribution in [2.45, 2.75) is 19.4 Å². The number of amides is 1. The monoisotopic (exact) mass is 388 g/mol. The molecule has 0 spiro atoms. The summed E-state index contributed by atoms with van der Waals surface area (Å²) in [5.41, 5.74) is 0.876. The summed E-state index contributed by atoms with van der Waals surface area (Å²) in [7, 11) is 0. The van der Waals surface area contributed by atoms with Crippen LogP contribution in [0.25, 0.3) is 22.0 Å². The highest BCUT2D eigenvalue weighted by Gasteiger charge is 2.30. The van der Waals surface area contributed by atoms with Crippen LogP contribution in [0.3, 0.4) is 0 Å². The first-order valence-electron chi connectivity index (χ1n) is 9.02. The highest BCUT2D eigenvalue weighted by Crippen LogP contribution is 2.31. The lowest BCUT2D eigenvalue weighted by Gasteiger charge is -2.24. The summed E-state index contributed by atoms with van der Waals surface area (Å²) in [5, 5.41) is 7.70. The standard InChI is InChI=1S/C23H20N2O2S/c1-23(2,27-17-11-4-3-5-12-17)21(26)25-22-24-20(15-28-22)19-14-8-10-16-9-6-7-13-18(16)19/h3-15H,1-2H3,(H,24,25,26). The number of ether oxygens (including phenoxy) is 1. The van der Waals surface area contributed by atoms with Crippen LogP contribution in [-0.4, -0.2) is 16.5 Å². The molecule has 5 heteroatoms. The lowest BCUT2D eigenvalue weighted by Crippen LogP contribution is -2.42. The summed E-state index contributed by atoms with van der Waals surface area (Å²) in [6.07, 6.45) is 0. The SMILES string of the molecule is CC(C)(Oc1ccccc1)C(=O)Nc1nc(-c2cccc3ccccc23)cs1. The van der Waals surface area contributed by atoms with Gasteiger partial charge in [-0.15, -0.1) is 11.3 Å². The summed E-state index contributed by atoms with van der Waals surface area (Å²) < 4.78 is 5.85. The number of thiazole rings is 1. The van der Waals surface area contributed by atoms with Crippen molar-refractivity contribution in [3.63, 3.8) is 0 Å². The Morgan fingerprint density at radius 3 is 2.50 bits per heavy atom. The summed E-state index contributed by atoms with van der Waals surface area (Å²) in [4.78, 5) is 17.3. The van der Waals surface area contributed by atoms with Gasteiger partial charge < -0.3 is 4.74 Å². The largest absolute Gasteiger partial charge is 0.478 e. The van der Waals surface area contributed by atoms with Crippen molar-refractivity contribution in [2.24, 2.45) is 0 Å². The van der Waals surface area contributed by atoms with Crippen molar-refractivity contribution in [2.75, 3.05) is 5.32 Å². The Morgan fingerprint density at radius 1 is 0.964 bits per heavy atom. The molecule has 0 fully saturated rings. The summed E-state index contributed by atoms with van der Waals surface area (Å²) in [6.45, 7) is 3.49. The maximum absolute atomic E-state index is 12.7. The Bertz CT molecular complexity index is 1110. The molecule has 0 unspecified atom stereocenters. The molecule has 4 aromatic rings. The van der Waals surface area contributed by atoms with E-state index < -0.39 is 5.60 Å². The van der Waals surface area contributed by atoms with Crippen LogP contribution in [0.15, 0.2) is 78.2 Å². The zero-order valence-corrected chi connectivity index (χ0v) is 16.5. The fraction of sp³-hybridized carbons (Fsp3) is 0.130. The number of rotatable bonds is 5. The van der Waals surface area contributed by atoms with Crippen molar-refractivity contribution < 1.29 is 9.53 Å². The van der Waals surface area contributed by atoms with E-state index >= 15 is 0 Å². The highest BCUT2D eigenvalue weighted by molar-refractivity contribution is 7.14. The molecule has 1 amide bonds. The predicted molar refractivity (Wildman–Crippen MR) is 115 cm³/mol. The third kappa shape index (κ3) is 3.75. The highest BCUT2D eigenvalue weighted by atomic mass is 32.1. The molecular weight excluding hydrogens is 368 g/mol. The first-order valence-corrected chi connectivity index (χ1v) is 9.90. The van der Waals surface area contributed by atoms with Gasteiger partial charge in [0.05, 0.1) is 5.69 Å². The molecule has 0 aliphatic rings. The van der Waals surface area contributed by atoms with Crippen molar-refractivity contribution in [3.05, 3.63) is 78.2 Å². The van der Waals surface area contributed by atoms with Crippen LogP contribution < -0.4 is 10.1 Å². The van der Waals surface area contributed by atoms with E-state index in [9.17, 15) is 4.79 Å². The van der Waals surface area contributed by atoms with E-state index in [0.717, 1.165) is 22.0 Å². The van der Waals surface area contributed by atoms with Crippen LogP contribution in [0, 0.1) is 0 Å². The number of carbonyl (C=O) groups excluding carboxylic acids is 1. The number of benzene rings is 3. The lowest BCUT2D eigenvalue weighted by molar-refractivity contribution is -0.128. The van der Waals surface area contributed by atoms with Gasteiger partial charge in [-0.05, 0) is 36.8 Å². The first kappa shape index (κ1) is 18.2. The van der Waals surface area contributed by atoms with Crippen LogP contribution in [-0.2, 0) is 4.79 Å². The summed E-state index contributed by atoms with van der Waals surface area (Å²) in [6, 6.07) is 23.7. The van der Waals surface area contributed by atoms with Crippen LogP contribution in [0.4, 0.5) is 5.13 Å². The van der Waals surface area contributed by atoms with Crippen molar-refractivity contribution in [1.82, 2.24) is 4.98 Å². The topological polar surface area (TPSA) is 51.2 Å². The van der Waals surface area contributed by atoms with Crippen molar-refractivity contribution in [1.29, 1.82) is 0 Å². The number of aromatic nitrogens is 1. The molecule has 140 valence electrons. The molecule has 0 saturated heterocycles. The zero-order chi connectivity index (χ0) is 19.6. The molecule has 0 atom stereocenters. The number of hydrogen-bond acceptors (Lipinski definition) is 4. The van der Waals surface area contributed by atoms with Gasteiger partial charge in [0.15, 0.2) is 10.7 Å². The second-order valence-electron chi connectivity index (χ2n) is 6.94. The van der Waals surface area contributed by atoms with Gasteiger partial charge in [-0.1, -0.05) is 60.7 Å². The van der Waals surface area contributed by atoms with Crippen LogP contribution in [0.1, 0.15) is 13.8 Å². The number of carbonyl (C=O) groups is 1. The second-order valence-corrected chi connectivity index (χ2v) is 7.80. The fourth-order valence-corrected chi connectivity index (χ4v) is 3.69. The molecule has 0 saturated carbocycles. The van der Waals surface area contributed by atoms with E-state index in [2.05, 4.69) is 28.5 Å². The quantitative estimate of drug-likeness (QED) is 0.473. The normalized spacial score (nSPS) is 11.4. The molecule has 3 aromatic carbocycles. The summed E-state index contributed by atoms with van der Waals surface area (Å²) >= 11 is 1.41. The Kier molecular flexibility index (Phi) is 4.84. The molecule has 1 aromatic heterocycles. The molecule has 1 N–H and O–H groups in total. The van der Waals surface area contributed by atoms with E-state index in [1.54, 1.807) is 13.8 Å². The molecule has 28 heavy (non-hydrogen) atoms. The number of nitrogens with one attached hydrogen (secondary N) is 1. The van der Waals surface area contributed by atoms with Crippen molar-refractivity contribution >= 4 is 33.1 Å². The van der Waals surface area contributed by atoms with Gasteiger partial charge in [0, 0.05) is 10.9 Å². The van der Waals surface area contributed by atoms with Gasteiger partial charge in [0.1, 0.15) is 5.75 Å². The predicted octanol–water partition coefficient (Wildman–Crippen LogP) is 5.76. The fourth-order valence-electron chi connectivity index (χ4n) is 2.98. The minimum atomic E-state index is -1.02. The Morgan fingerprint density at radius 2 is 1.68 bits per heavy atom. The number of fused-ring (bicyclic) bond motifs is 1. The third-order valence-corrected chi connectivity index (χ3v) is 5.21. The van der Waals surface area contributed by atoms with Gasteiger partial charge in [-0.3, -0.25) is 10.1 Å². The molecule has 0 aliphatic carbocycles. The molecule has 4 nitrogen and oxygen atoms in total. The van der Waals surface area contributed by atoms with E-state index in [-0.39, 0.29) is 5.91 Å². The molecule has 0 radical (unpaired) electrons. The molecular formula is C23H20N2O2S. The van der Waals surface area contributed by atoms with E-state index in [0.29, 0.717) is 10.9 Å². The zero-order valence-electron chi connectivity index (χ0n) is 15.7. The average molecular weight is 388 g/mol. The molecule has 4 rings (SSSR count). The maximum atomic E-state index is 12.7. The number of anilines is 1. The molecule has 1 heterocycles. The van der Waals surface area contributed by atoms with Gasteiger partial charge in [-0.2, -0.15) is 0 Å². The lowest BCUT2D eigenvalue weighted by atomic mass is 10.0. The van der Waals surface area contributed by atoms with E-state index in [1.165, 1.54) is 11.3 Å². The Balaban J connectivity index is 1.54. The van der Waals surface area contributed by atoms with Gasteiger partial charge in [-0.25, -0.2) is 4.98 Å². The maximum Gasteiger partial charge on any atom is 0.269 e. The summed E-state index contributed by atoms with van der Waals surface area (Å²) in [5.74, 6) is 0.411. The third-order valence-electron chi connectivity index (χ3n) is 4.45. The van der Waals surface area contributed by atoms with Crippen LogP contribution in [0.2, 0.25) is 0 Å². The van der Waals surface area contributed by atoms with Gasteiger partial charge in [0.25, 0.3) is 5.91 Å². The van der Waals surface area contributed by atoms with Crippen LogP contribution >= 0.6 is 11.3 Å². The molecule has 0 aliphatic heterocycles. The van der Waals surface area contributed by atoms with E-state index in [4.69, 9.17) is 4.74 Å². The number of hydrogen-bond donors (Lipinski definition) is 1. The van der Waals surface area contributed by atoms with E-state index in [1.807, 2.05) is 60.0 Å². The van der Waals surface area contributed by atoms with Gasteiger partial charge >= 0.3 is 0 Å².